The van der Waals surface area contributed by atoms with Crippen molar-refractivity contribution < 1.29 is 4.74 Å². The second-order valence-corrected chi connectivity index (χ2v) is 6.13. The van der Waals surface area contributed by atoms with Gasteiger partial charge in [0.25, 0.3) is 0 Å². The molecule has 0 saturated carbocycles. The van der Waals surface area contributed by atoms with Crippen LogP contribution in [-0.4, -0.2) is 25.8 Å². The topological polar surface area (TPSA) is 21.3 Å². The van der Waals surface area contributed by atoms with Crippen LogP contribution in [0.2, 0.25) is 0 Å². The minimum absolute atomic E-state index is 0.498. The summed E-state index contributed by atoms with van der Waals surface area (Å²) in [6.07, 6.45) is 7.85. The van der Waals surface area contributed by atoms with Crippen LogP contribution >= 0.6 is 0 Å². The van der Waals surface area contributed by atoms with Crippen LogP contribution in [0.25, 0.3) is 0 Å². The zero-order valence-corrected chi connectivity index (χ0v) is 13.2. The molecule has 0 aliphatic carbocycles. The van der Waals surface area contributed by atoms with Crippen molar-refractivity contribution in [1.29, 1.82) is 0 Å². The van der Waals surface area contributed by atoms with Crippen molar-refractivity contribution in [3.63, 3.8) is 0 Å². The van der Waals surface area contributed by atoms with Crippen LogP contribution in [0, 0.1) is 13.8 Å². The lowest BCUT2D eigenvalue weighted by Crippen LogP contribution is -2.30. The number of nitrogens with one attached hydrogen (secondary N) is 1. The van der Waals surface area contributed by atoms with Crippen molar-refractivity contribution in [2.75, 3.05) is 13.7 Å². The average molecular weight is 275 g/mol. The number of ether oxygens (including phenoxy) is 1. The van der Waals surface area contributed by atoms with Gasteiger partial charge >= 0.3 is 0 Å². The zero-order chi connectivity index (χ0) is 14.4. The molecular weight excluding hydrogens is 246 g/mol. The van der Waals surface area contributed by atoms with E-state index in [2.05, 4.69) is 44.4 Å². The molecule has 2 atom stereocenters. The number of aryl methyl sites for hydroxylation is 2. The molecule has 2 unspecified atom stereocenters. The predicted octanol–water partition coefficient (Wildman–Crippen LogP) is 3.78. The fraction of sp³-hybridized carbons (Fsp3) is 0.667. The third-order valence-electron chi connectivity index (χ3n) is 4.61. The average Bonchev–Trinajstić information content (AvgIpc) is 2.47. The van der Waals surface area contributed by atoms with Crippen molar-refractivity contribution in [2.24, 2.45) is 0 Å². The molecule has 2 nitrogen and oxygen atoms in total. The van der Waals surface area contributed by atoms with Gasteiger partial charge in [-0.15, -0.1) is 0 Å². The Balaban J connectivity index is 1.88. The number of rotatable bonds is 6. The SMILES string of the molecule is CNC(CCC1CCCCO1)Cc1c(C)cccc1C. The monoisotopic (exact) mass is 275 g/mol. The van der Waals surface area contributed by atoms with Gasteiger partial charge in [-0.1, -0.05) is 18.2 Å². The fourth-order valence-electron chi connectivity index (χ4n) is 3.19. The van der Waals surface area contributed by atoms with Gasteiger partial charge in [-0.2, -0.15) is 0 Å². The van der Waals surface area contributed by atoms with Crippen LogP contribution < -0.4 is 5.32 Å². The molecular formula is C18H29NO. The lowest BCUT2D eigenvalue weighted by molar-refractivity contribution is 0.00870. The molecule has 1 N–H and O–H groups in total. The lowest BCUT2D eigenvalue weighted by Gasteiger charge is -2.25. The maximum atomic E-state index is 5.84. The minimum atomic E-state index is 0.498. The molecule has 0 amide bonds. The summed E-state index contributed by atoms with van der Waals surface area (Å²) in [6.45, 7) is 5.41. The zero-order valence-electron chi connectivity index (χ0n) is 13.2. The van der Waals surface area contributed by atoms with E-state index in [1.807, 2.05) is 0 Å². The van der Waals surface area contributed by atoms with Crippen molar-refractivity contribution in [3.8, 4) is 0 Å². The summed E-state index contributed by atoms with van der Waals surface area (Å²) in [6, 6.07) is 7.15. The lowest BCUT2D eigenvalue weighted by atomic mass is 9.93. The molecule has 0 spiro atoms. The summed E-state index contributed by atoms with van der Waals surface area (Å²) in [7, 11) is 2.08. The van der Waals surface area contributed by atoms with Crippen LogP contribution in [0.15, 0.2) is 18.2 Å². The first kappa shape index (κ1) is 15.5. The normalized spacial score (nSPS) is 20.9. The minimum Gasteiger partial charge on any atom is -0.378 e. The van der Waals surface area contributed by atoms with E-state index in [0.29, 0.717) is 12.1 Å². The van der Waals surface area contributed by atoms with Crippen LogP contribution in [0.1, 0.15) is 48.8 Å². The van der Waals surface area contributed by atoms with Crippen LogP contribution in [0.5, 0.6) is 0 Å². The van der Waals surface area contributed by atoms with Gasteiger partial charge in [0, 0.05) is 12.6 Å². The Hall–Kier alpha value is -0.860. The fourth-order valence-corrected chi connectivity index (χ4v) is 3.19. The summed E-state index contributed by atoms with van der Waals surface area (Å²) < 4.78 is 5.84. The highest BCUT2D eigenvalue weighted by atomic mass is 16.5. The van der Waals surface area contributed by atoms with Crippen molar-refractivity contribution >= 4 is 0 Å². The molecule has 1 aromatic rings. The van der Waals surface area contributed by atoms with Crippen molar-refractivity contribution in [1.82, 2.24) is 5.32 Å². The van der Waals surface area contributed by atoms with Gasteiger partial charge in [0.1, 0.15) is 0 Å². The van der Waals surface area contributed by atoms with E-state index in [0.717, 1.165) is 13.0 Å². The Labute approximate surface area is 123 Å². The first-order valence-corrected chi connectivity index (χ1v) is 8.04. The van der Waals surface area contributed by atoms with Gasteiger partial charge in [-0.25, -0.2) is 0 Å². The summed E-state index contributed by atoms with van der Waals surface area (Å²) in [5, 5.41) is 3.49. The van der Waals surface area contributed by atoms with Crippen molar-refractivity contribution in [3.05, 3.63) is 34.9 Å². The molecule has 0 aromatic heterocycles. The Morgan fingerprint density at radius 3 is 2.60 bits per heavy atom. The third kappa shape index (κ3) is 4.32. The quantitative estimate of drug-likeness (QED) is 0.853. The molecule has 2 rings (SSSR count). The van der Waals surface area contributed by atoms with Gasteiger partial charge in [0.2, 0.25) is 0 Å². The summed E-state index contributed by atoms with van der Waals surface area (Å²) in [4.78, 5) is 0. The highest BCUT2D eigenvalue weighted by Gasteiger charge is 2.17. The van der Waals surface area contributed by atoms with E-state index in [9.17, 15) is 0 Å². The molecule has 1 saturated heterocycles. The molecule has 2 heteroatoms. The van der Waals surface area contributed by atoms with E-state index in [4.69, 9.17) is 4.74 Å². The molecule has 0 bridgehead atoms. The second kappa shape index (κ2) is 7.80. The van der Waals surface area contributed by atoms with Crippen LogP contribution in [0.4, 0.5) is 0 Å². The maximum Gasteiger partial charge on any atom is 0.0575 e. The molecule has 112 valence electrons. The second-order valence-electron chi connectivity index (χ2n) is 6.13. The van der Waals surface area contributed by atoms with Crippen LogP contribution in [-0.2, 0) is 11.2 Å². The molecule has 1 heterocycles. The summed E-state index contributed by atoms with van der Waals surface area (Å²) in [5.74, 6) is 0. The molecule has 0 radical (unpaired) electrons. The summed E-state index contributed by atoms with van der Waals surface area (Å²) in [5.41, 5.74) is 4.34. The van der Waals surface area contributed by atoms with Gasteiger partial charge in [-0.05, 0) is 76.1 Å². The Morgan fingerprint density at radius 1 is 1.25 bits per heavy atom. The molecule has 20 heavy (non-hydrogen) atoms. The van der Waals surface area contributed by atoms with Gasteiger partial charge in [0.05, 0.1) is 6.10 Å². The highest BCUT2D eigenvalue weighted by molar-refractivity contribution is 5.34. The standard InChI is InChI=1S/C18H29NO/c1-14-7-6-8-15(2)18(14)13-16(19-3)10-11-17-9-4-5-12-20-17/h6-8,16-17,19H,4-5,9-13H2,1-3H3. The molecule has 1 aromatic carbocycles. The predicted molar refractivity (Wildman–Crippen MR) is 85.3 cm³/mol. The smallest absolute Gasteiger partial charge is 0.0575 e. The van der Waals surface area contributed by atoms with Gasteiger partial charge in [-0.3, -0.25) is 0 Å². The third-order valence-corrected chi connectivity index (χ3v) is 4.61. The van der Waals surface area contributed by atoms with E-state index >= 15 is 0 Å². The first-order chi connectivity index (χ1) is 9.70. The number of likely N-dealkylation sites (N-methyl/N-ethyl adjacent to an activating group) is 1. The van der Waals surface area contributed by atoms with Crippen molar-refractivity contribution in [2.45, 2.75) is 64.5 Å². The van der Waals surface area contributed by atoms with E-state index in [1.54, 1.807) is 0 Å². The molecule has 1 aliphatic rings. The van der Waals surface area contributed by atoms with Gasteiger partial charge in [0.15, 0.2) is 0 Å². The highest BCUT2D eigenvalue weighted by Crippen LogP contribution is 2.21. The maximum absolute atomic E-state index is 5.84. The Kier molecular flexibility index (Phi) is 6.06. The Bertz CT molecular complexity index is 390. The number of hydrogen-bond donors (Lipinski definition) is 1. The van der Waals surface area contributed by atoms with Crippen LogP contribution in [0.3, 0.4) is 0 Å². The van der Waals surface area contributed by atoms with E-state index in [-0.39, 0.29) is 0 Å². The molecule has 1 fully saturated rings. The molecule has 1 aliphatic heterocycles. The van der Waals surface area contributed by atoms with Gasteiger partial charge < -0.3 is 10.1 Å². The largest absolute Gasteiger partial charge is 0.378 e. The number of hydrogen-bond acceptors (Lipinski definition) is 2. The summed E-state index contributed by atoms with van der Waals surface area (Å²) >= 11 is 0. The Morgan fingerprint density at radius 2 is 2.00 bits per heavy atom. The first-order valence-electron chi connectivity index (χ1n) is 8.04. The van der Waals surface area contributed by atoms with E-state index < -0.39 is 0 Å². The number of benzene rings is 1. The van der Waals surface area contributed by atoms with E-state index in [1.165, 1.54) is 48.8 Å².